The third kappa shape index (κ3) is 3.62. The SMILES string of the molecule is CCNc1ncc(S(=O)(=O)NCc2csc(=O)[nH]2)cn1. The predicted octanol–water partition coefficient (Wildman–Crippen LogP) is 0.137. The molecule has 0 bridgehead atoms. The van der Waals surface area contributed by atoms with E-state index in [1.165, 1.54) is 12.4 Å². The topological polar surface area (TPSA) is 117 Å². The maximum absolute atomic E-state index is 12.0. The molecule has 108 valence electrons. The third-order valence-corrected chi connectivity index (χ3v) is 4.37. The van der Waals surface area contributed by atoms with Crippen molar-refractivity contribution in [3.63, 3.8) is 0 Å². The molecule has 0 unspecified atom stereocenters. The van der Waals surface area contributed by atoms with E-state index in [9.17, 15) is 13.2 Å². The number of nitrogens with zero attached hydrogens (tertiary/aromatic N) is 2. The first-order valence-electron chi connectivity index (χ1n) is 5.73. The summed E-state index contributed by atoms with van der Waals surface area (Å²) in [6.07, 6.45) is 2.45. The van der Waals surface area contributed by atoms with Gasteiger partial charge in [0.2, 0.25) is 16.0 Å². The minimum absolute atomic E-state index is 0.00996. The van der Waals surface area contributed by atoms with Crippen LogP contribution in [0.25, 0.3) is 0 Å². The van der Waals surface area contributed by atoms with Crippen molar-refractivity contribution in [3.05, 3.63) is 33.1 Å². The van der Waals surface area contributed by atoms with Crippen molar-refractivity contribution < 1.29 is 8.42 Å². The first-order chi connectivity index (χ1) is 9.51. The fraction of sp³-hybridized carbons (Fsp3) is 0.300. The molecule has 0 aliphatic rings. The first-order valence-corrected chi connectivity index (χ1v) is 8.10. The van der Waals surface area contributed by atoms with Crippen LogP contribution in [0.1, 0.15) is 12.6 Å². The zero-order valence-electron chi connectivity index (χ0n) is 10.6. The van der Waals surface area contributed by atoms with Gasteiger partial charge < -0.3 is 10.3 Å². The highest BCUT2D eigenvalue weighted by Gasteiger charge is 2.15. The molecule has 0 aliphatic heterocycles. The molecular formula is C10H13N5O3S2. The van der Waals surface area contributed by atoms with Gasteiger partial charge in [-0.2, -0.15) is 0 Å². The Hall–Kier alpha value is -1.78. The number of rotatable bonds is 6. The summed E-state index contributed by atoms with van der Waals surface area (Å²) in [7, 11) is -3.70. The van der Waals surface area contributed by atoms with Gasteiger partial charge in [0.25, 0.3) is 0 Å². The van der Waals surface area contributed by atoms with E-state index in [0.29, 0.717) is 18.2 Å². The molecule has 0 amide bonds. The van der Waals surface area contributed by atoms with Crippen LogP contribution in [0.15, 0.2) is 27.5 Å². The number of thiazole rings is 1. The minimum atomic E-state index is -3.70. The summed E-state index contributed by atoms with van der Waals surface area (Å²) in [6.45, 7) is 2.54. The average Bonchev–Trinajstić information content (AvgIpc) is 2.84. The monoisotopic (exact) mass is 315 g/mol. The van der Waals surface area contributed by atoms with E-state index in [0.717, 1.165) is 11.3 Å². The maximum Gasteiger partial charge on any atom is 0.304 e. The van der Waals surface area contributed by atoms with Crippen molar-refractivity contribution in [3.8, 4) is 0 Å². The number of anilines is 1. The Balaban J connectivity index is 2.07. The molecule has 0 radical (unpaired) electrons. The number of hydrogen-bond acceptors (Lipinski definition) is 7. The van der Waals surface area contributed by atoms with Gasteiger partial charge in [0.05, 0.1) is 18.9 Å². The van der Waals surface area contributed by atoms with Crippen LogP contribution in [0.2, 0.25) is 0 Å². The van der Waals surface area contributed by atoms with Crippen LogP contribution in [-0.4, -0.2) is 29.9 Å². The van der Waals surface area contributed by atoms with Crippen LogP contribution in [0.5, 0.6) is 0 Å². The maximum atomic E-state index is 12.0. The van der Waals surface area contributed by atoms with Gasteiger partial charge in [0.1, 0.15) is 4.90 Å². The van der Waals surface area contributed by atoms with E-state index in [1.54, 1.807) is 5.38 Å². The lowest BCUT2D eigenvalue weighted by molar-refractivity contribution is 0.579. The number of hydrogen-bond donors (Lipinski definition) is 3. The average molecular weight is 315 g/mol. The largest absolute Gasteiger partial charge is 0.355 e. The number of nitrogens with one attached hydrogen (secondary N) is 3. The van der Waals surface area contributed by atoms with Crippen LogP contribution in [0, 0.1) is 0 Å². The molecule has 0 fully saturated rings. The molecule has 0 atom stereocenters. The highest BCUT2D eigenvalue weighted by atomic mass is 32.2. The van der Waals surface area contributed by atoms with Gasteiger partial charge in [0, 0.05) is 17.6 Å². The number of H-pyrrole nitrogens is 1. The number of sulfonamides is 1. The summed E-state index contributed by atoms with van der Waals surface area (Å²) in [5, 5.41) is 4.44. The molecule has 3 N–H and O–H groups in total. The Morgan fingerprint density at radius 2 is 2.05 bits per heavy atom. The molecule has 20 heavy (non-hydrogen) atoms. The normalized spacial score (nSPS) is 11.4. The van der Waals surface area contributed by atoms with Crippen LogP contribution in [0.4, 0.5) is 5.95 Å². The summed E-state index contributed by atoms with van der Waals surface area (Å²) in [5.74, 6) is 0.369. The van der Waals surface area contributed by atoms with Gasteiger partial charge in [-0.05, 0) is 6.92 Å². The molecular weight excluding hydrogens is 302 g/mol. The second-order valence-corrected chi connectivity index (χ2v) is 6.38. The smallest absolute Gasteiger partial charge is 0.304 e. The van der Waals surface area contributed by atoms with Crippen LogP contribution in [0.3, 0.4) is 0 Å². The van der Waals surface area contributed by atoms with Crippen LogP contribution >= 0.6 is 11.3 Å². The van der Waals surface area contributed by atoms with E-state index in [-0.39, 0.29) is 16.3 Å². The molecule has 0 saturated carbocycles. The quantitative estimate of drug-likeness (QED) is 0.698. The molecule has 0 spiro atoms. The van der Waals surface area contributed by atoms with Crippen molar-refractivity contribution in [1.29, 1.82) is 0 Å². The highest BCUT2D eigenvalue weighted by molar-refractivity contribution is 7.89. The highest BCUT2D eigenvalue weighted by Crippen LogP contribution is 2.08. The number of aromatic amines is 1. The van der Waals surface area contributed by atoms with Gasteiger partial charge in [0.15, 0.2) is 0 Å². The Morgan fingerprint density at radius 3 is 2.60 bits per heavy atom. The zero-order chi connectivity index (χ0) is 14.6. The Labute approximate surface area is 119 Å². The summed E-state index contributed by atoms with van der Waals surface area (Å²) >= 11 is 0.979. The van der Waals surface area contributed by atoms with Crippen molar-refractivity contribution in [2.75, 3.05) is 11.9 Å². The number of aromatic nitrogens is 3. The second kappa shape index (κ2) is 6.11. The van der Waals surface area contributed by atoms with Crippen molar-refractivity contribution in [2.45, 2.75) is 18.4 Å². The first kappa shape index (κ1) is 14.6. The van der Waals surface area contributed by atoms with E-state index < -0.39 is 10.0 Å². The lowest BCUT2D eigenvalue weighted by atomic mass is 10.5. The predicted molar refractivity (Wildman–Crippen MR) is 75.2 cm³/mol. The summed E-state index contributed by atoms with van der Waals surface area (Å²) < 4.78 is 26.3. The van der Waals surface area contributed by atoms with Gasteiger partial charge >= 0.3 is 4.87 Å². The van der Waals surface area contributed by atoms with Gasteiger partial charge in [-0.1, -0.05) is 11.3 Å². The lowest BCUT2D eigenvalue weighted by Crippen LogP contribution is -2.24. The van der Waals surface area contributed by atoms with E-state index in [4.69, 9.17) is 0 Å². The van der Waals surface area contributed by atoms with Crippen molar-refractivity contribution in [2.24, 2.45) is 0 Å². The molecule has 0 saturated heterocycles. The Bertz CT molecular complexity index is 720. The van der Waals surface area contributed by atoms with Crippen molar-refractivity contribution in [1.82, 2.24) is 19.7 Å². The second-order valence-electron chi connectivity index (χ2n) is 3.77. The summed E-state index contributed by atoms with van der Waals surface area (Å²) in [6, 6.07) is 0. The third-order valence-electron chi connectivity index (χ3n) is 2.30. The molecule has 8 nitrogen and oxygen atoms in total. The molecule has 2 aromatic heterocycles. The minimum Gasteiger partial charge on any atom is -0.355 e. The summed E-state index contributed by atoms with van der Waals surface area (Å²) in [5.41, 5.74) is 0.508. The van der Waals surface area contributed by atoms with Crippen LogP contribution in [-0.2, 0) is 16.6 Å². The molecule has 0 aliphatic carbocycles. The van der Waals surface area contributed by atoms with Gasteiger partial charge in [-0.3, -0.25) is 4.79 Å². The Kier molecular flexibility index (Phi) is 4.47. The fourth-order valence-corrected chi connectivity index (χ4v) is 2.84. The van der Waals surface area contributed by atoms with Gasteiger partial charge in [-0.25, -0.2) is 23.1 Å². The molecule has 2 heterocycles. The lowest BCUT2D eigenvalue weighted by Gasteiger charge is -2.06. The summed E-state index contributed by atoms with van der Waals surface area (Å²) in [4.78, 5) is 21.0. The van der Waals surface area contributed by atoms with E-state index in [1.807, 2.05) is 6.92 Å². The zero-order valence-corrected chi connectivity index (χ0v) is 12.2. The molecule has 0 aromatic carbocycles. The van der Waals surface area contributed by atoms with Gasteiger partial charge in [-0.15, -0.1) is 0 Å². The Morgan fingerprint density at radius 1 is 1.35 bits per heavy atom. The van der Waals surface area contributed by atoms with Crippen molar-refractivity contribution >= 4 is 27.3 Å². The molecule has 2 aromatic rings. The molecule has 10 heteroatoms. The standard InChI is InChI=1S/C10H13N5O3S2/c1-2-11-9-12-4-8(5-13-9)20(17,18)14-3-7-6-19-10(16)15-7/h4-6,14H,2-3H2,1H3,(H,15,16)(H,11,12,13). The van der Waals surface area contributed by atoms with E-state index >= 15 is 0 Å². The fourth-order valence-electron chi connectivity index (χ4n) is 1.36. The molecule has 2 rings (SSSR count). The van der Waals surface area contributed by atoms with Crippen LogP contribution < -0.4 is 14.9 Å². The van der Waals surface area contributed by atoms with E-state index in [2.05, 4.69) is 25.0 Å².